The Bertz CT molecular complexity index is 544. The maximum atomic E-state index is 6.92. The summed E-state index contributed by atoms with van der Waals surface area (Å²) < 4.78 is 0. The molecule has 21 heavy (non-hydrogen) atoms. The van der Waals surface area contributed by atoms with Gasteiger partial charge in [-0.3, -0.25) is 0 Å². The van der Waals surface area contributed by atoms with E-state index in [4.69, 9.17) is 10.7 Å². The summed E-state index contributed by atoms with van der Waals surface area (Å²) in [6, 6.07) is 0. The summed E-state index contributed by atoms with van der Waals surface area (Å²) in [5.41, 5.74) is 8.35. The summed E-state index contributed by atoms with van der Waals surface area (Å²) in [7, 11) is 0. The summed E-state index contributed by atoms with van der Waals surface area (Å²) in [4.78, 5) is 4.90. The molecule has 0 radical (unpaired) electrons. The highest BCUT2D eigenvalue weighted by Crippen LogP contribution is 2.62. The molecule has 2 N–H and O–H groups in total. The molecule has 4 rings (SSSR count). The van der Waals surface area contributed by atoms with Crippen LogP contribution in [0.1, 0.15) is 63.6 Å². The molecule has 0 amide bonds. The van der Waals surface area contributed by atoms with E-state index in [0.29, 0.717) is 0 Å². The van der Waals surface area contributed by atoms with Crippen molar-refractivity contribution in [1.82, 2.24) is 4.98 Å². The summed E-state index contributed by atoms with van der Waals surface area (Å²) in [6.45, 7) is 6.72. The standard InChI is InChI=1S/C18H28N2S/c1-17(2,3)15-10-21-16(20-15)9-18(19)8-11-7-14(18)13-6-4-5-12(11)13/h10-14H,4-9,19H2,1-3H3. The normalized spacial score (nSPS) is 41.7. The third-order valence-electron chi connectivity index (χ3n) is 6.49. The zero-order valence-corrected chi connectivity index (χ0v) is 14.4. The molecule has 2 bridgehead atoms. The van der Waals surface area contributed by atoms with Gasteiger partial charge in [0, 0.05) is 22.8 Å². The molecule has 0 spiro atoms. The average molecular weight is 305 g/mol. The van der Waals surface area contributed by atoms with Gasteiger partial charge in [0.05, 0.1) is 10.7 Å². The minimum Gasteiger partial charge on any atom is -0.324 e. The number of hydrogen-bond donors (Lipinski definition) is 1. The molecule has 3 heteroatoms. The second-order valence-electron chi connectivity index (χ2n) is 8.85. The number of nitrogens with two attached hydrogens (primary N) is 1. The molecule has 1 aromatic rings. The van der Waals surface area contributed by atoms with Crippen LogP contribution in [0.2, 0.25) is 0 Å². The fourth-order valence-electron chi connectivity index (χ4n) is 5.53. The summed E-state index contributed by atoms with van der Waals surface area (Å²) in [5, 5.41) is 3.51. The maximum absolute atomic E-state index is 6.92. The first-order chi connectivity index (χ1) is 9.87. The van der Waals surface area contributed by atoms with Crippen LogP contribution in [0.15, 0.2) is 5.38 Å². The van der Waals surface area contributed by atoms with Crippen LogP contribution in [0.4, 0.5) is 0 Å². The van der Waals surface area contributed by atoms with E-state index in [2.05, 4.69) is 26.2 Å². The molecule has 0 aromatic carbocycles. The zero-order valence-electron chi connectivity index (χ0n) is 13.6. The first kappa shape index (κ1) is 14.2. The van der Waals surface area contributed by atoms with E-state index in [-0.39, 0.29) is 11.0 Å². The second-order valence-corrected chi connectivity index (χ2v) is 9.79. The van der Waals surface area contributed by atoms with E-state index in [9.17, 15) is 0 Å². The highest BCUT2D eigenvalue weighted by atomic mass is 32.1. The molecule has 3 aliphatic rings. The third kappa shape index (κ3) is 2.19. The molecule has 3 fully saturated rings. The molecule has 116 valence electrons. The van der Waals surface area contributed by atoms with Crippen molar-refractivity contribution in [3.63, 3.8) is 0 Å². The van der Waals surface area contributed by atoms with E-state index in [0.717, 1.165) is 30.1 Å². The Hall–Kier alpha value is -0.410. The number of thiazole rings is 1. The molecule has 2 nitrogen and oxygen atoms in total. The van der Waals surface area contributed by atoms with Crippen molar-refractivity contribution in [2.24, 2.45) is 29.4 Å². The SMILES string of the molecule is CC(C)(C)c1csc(CC2(N)CC3CC2C2CCCC32)n1. The molecule has 3 saturated carbocycles. The van der Waals surface area contributed by atoms with Crippen LogP contribution in [0, 0.1) is 23.7 Å². The Morgan fingerprint density at radius 1 is 1.33 bits per heavy atom. The van der Waals surface area contributed by atoms with Crippen LogP contribution in [0.25, 0.3) is 0 Å². The van der Waals surface area contributed by atoms with E-state index in [1.54, 1.807) is 0 Å². The van der Waals surface area contributed by atoms with Gasteiger partial charge in [0.2, 0.25) is 0 Å². The van der Waals surface area contributed by atoms with Gasteiger partial charge >= 0.3 is 0 Å². The summed E-state index contributed by atoms with van der Waals surface area (Å²) in [6.07, 6.45) is 8.04. The fraction of sp³-hybridized carbons (Fsp3) is 0.833. The zero-order chi connectivity index (χ0) is 14.8. The van der Waals surface area contributed by atoms with Gasteiger partial charge in [0.25, 0.3) is 0 Å². The van der Waals surface area contributed by atoms with Crippen LogP contribution in [0.3, 0.4) is 0 Å². The number of hydrogen-bond acceptors (Lipinski definition) is 3. The molecule has 0 aliphatic heterocycles. The Kier molecular flexibility index (Phi) is 3.07. The van der Waals surface area contributed by atoms with Crippen molar-refractivity contribution in [3.8, 4) is 0 Å². The third-order valence-corrected chi connectivity index (χ3v) is 7.33. The first-order valence-corrected chi connectivity index (χ1v) is 9.48. The minimum absolute atomic E-state index is 0.0448. The van der Waals surface area contributed by atoms with E-state index in [1.165, 1.54) is 42.8 Å². The molecule has 1 heterocycles. The van der Waals surface area contributed by atoms with Gasteiger partial charge < -0.3 is 5.73 Å². The van der Waals surface area contributed by atoms with E-state index < -0.39 is 0 Å². The van der Waals surface area contributed by atoms with Crippen LogP contribution < -0.4 is 5.73 Å². The number of rotatable bonds is 2. The highest BCUT2D eigenvalue weighted by molar-refractivity contribution is 7.09. The monoisotopic (exact) mass is 304 g/mol. The van der Waals surface area contributed by atoms with Crippen molar-refractivity contribution in [2.75, 3.05) is 0 Å². The van der Waals surface area contributed by atoms with Gasteiger partial charge in [-0.25, -0.2) is 4.98 Å². The fourth-order valence-corrected chi connectivity index (χ4v) is 6.69. The van der Waals surface area contributed by atoms with E-state index >= 15 is 0 Å². The van der Waals surface area contributed by atoms with Gasteiger partial charge in [0.15, 0.2) is 0 Å². The van der Waals surface area contributed by atoms with Gasteiger partial charge in [-0.15, -0.1) is 11.3 Å². The van der Waals surface area contributed by atoms with Crippen molar-refractivity contribution in [3.05, 3.63) is 16.1 Å². The molecular formula is C18H28N2S. The van der Waals surface area contributed by atoms with Crippen LogP contribution in [-0.2, 0) is 11.8 Å². The largest absolute Gasteiger partial charge is 0.324 e. The lowest BCUT2D eigenvalue weighted by Gasteiger charge is -2.39. The molecule has 5 atom stereocenters. The Labute approximate surface area is 132 Å². The van der Waals surface area contributed by atoms with Crippen LogP contribution in [-0.4, -0.2) is 10.5 Å². The van der Waals surface area contributed by atoms with Crippen molar-refractivity contribution in [1.29, 1.82) is 0 Å². The van der Waals surface area contributed by atoms with Crippen molar-refractivity contribution < 1.29 is 0 Å². The van der Waals surface area contributed by atoms with Crippen LogP contribution in [0.5, 0.6) is 0 Å². The van der Waals surface area contributed by atoms with Crippen LogP contribution >= 0.6 is 11.3 Å². The highest BCUT2D eigenvalue weighted by Gasteiger charge is 2.59. The number of fused-ring (bicyclic) bond motifs is 5. The maximum Gasteiger partial charge on any atom is 0.0946 e. The van der Waals surface area contributed by atoms with E-state index in [1.807, 2.05) is 11.3 Å². The van der Waals surface area contributed by atoms with Crippen molar-refractivity contribution >= 4 is 11.3 Å². The summed E-state index contributed by atoms with van der Waals surface area (Å²) >= 11 is 1.82. The molecule has 0 saturated heterocycles. The van der Waals surface area contributed by atoms with Gasteiger partial charge in [-0.2, -0.15) is 0 Å². The predicted molar refractivity (Wildman–Crippen MR) is 88.5 cm³/mol. The molecule has 1 aromatic heterocycles. The molecule has 3 aliphatic carbocycles. The number of nitrogens with zero attached hydrogens (tertiary/aromatic N) is 1. The lowest BCUT2D eigenvalue weighted by molar-refractivity contribution is 0.156. The van der Waals surface area contributed by atoms with Gasteiger partial charge in [-0.1, -0.05) is 27.2 Å². The van der Waals surface area contributed by atoms with Crippen molar-refractivity contribution in [2.45, 2.75) is 70.3 Å². The lowest BCUT2D eigenvalue weighted by atomic mass is 9.70. The topological polar surface area (TPSA) is 38.9 Å². The smallest absolute Gasteiger partial charge is 0.0946 e. The Morgan fingerprint density at radius 3 is 2.81 bits per heavy atom. The summed E-state index contributed by atoms with van der Waals surface area (Å²) in [5.74, 6) is 3.66. The first-order valence-electron chi connectivity index (χ1n) is 8.60. The second kappa shape index (κ2) is 4.55. The molecular weight excluding hydrogens is 276 g/mol. The van der Waals surface area contributed by atoms with Gasteiger partial charge in [-0.05, 0) is 49.4 Å². The predicted octanol–water partition coefficient (Wildman–Crippen LogP) is 4.14. The van der Waals surface area contributed by atoms with Gasteiger partial charge in [0.1, 0.15) is 0 Å². The lowest BCUT2D eigenvalue weighted by Crippen LogP contribution is -2.50. The Morgan fingerprint density at radius 2 is 2.10 bits per heavy atom. The molecule has 5 unspecified atom stereocenters. The minimum atomic E-state index is 0.0448. The average Bonchev–Trinajstić information content (AvgIpc) is 3.06. The number of aromatic nitrogens is 1. The quantitative estimate of drug-likeness (QED) is 0.892. The Balaban J connectivity index is 1.54.